The number of nitriles is 1. The average Bonchev–Trinajstić information content (AvgIpc) is 2.88. The molecule has 2 rings (SSSR count). The Bertz CT molecular complexity index is 459. The first-order chi connectivity index (χ1) is 9.19. The second-order valence-corrected chi connectivity index (χ2v) is 5.26. The summed E-state index contributed by atoms with van der Waals surface area (Å²) in [5.41, 5.74) is 0. The molecule has 5 nitrogen and oxygen atoms in total. The summed E-state index contributed by atoms with van der Waals surface area (Å²) >= 11 is 0. The molecule has 0 spiro atoms. The maximum absolute atomic E-state index is 8.65. The zero-order chi connectivity index (χ0) is 13.7. The summed E-state index contributed by atoms with van der Waals surface area (Å²) in [5.74, 6) is 3.01. The van der Waals surface area contributed by atoms with Crippen molar-refractivity contribution >= 4 is 11.6 Å². The van der Waals surface area contributed by atoms with E-state index in [1.807, 2.05) is 26.2 Å². The summed E-state index contributed by atoms with van der Waals surface area (Å²) in [4.78, 5) is 10.7. The van der Waals surface area contributed by atoms with Crippen LogP contribution in [0.5, 0.6) is 0 Å². The first-order valence-corrected chi connectivity index (χ1v) is 6.91. The SMILES string of the molecule is Cc1nc(NC#N)cc(N(C)CCC2CCCC2)n1. The van der Waals surface area contributed by atoms with Gasteiger partial charge in [-0.1, -0.05) is 25.7 Å². The van der Waals surface area contributed by atoms with Crippen LogP contribution in [0.15, 0.2) is 6.07 Å². The van der Waals surface area contributed by atoms with Crippen LogP contribution in [0.3, 0.4) is 0 Å². The Morgan fingerprint density at radius 1 is 1.42 bits per heavy atom. The van der Waals surface area contributed by atoms with Gasteiger partial charge in [0.2, 0.25) is 0 Å². The summed E-state index contributed by atoms with van der Waals surface area (Å²) in [7, 11) is 2.05. The molecular formula is C14H21N5. The van der Waals surface area contributed by atoms with Crippen LogP contribution in [0.1, 0.15) is 37.9 Å². The monoisotopic (exact) mass is 259 g/mol. The van der Waals surface area contributed by atoms with Gasteiger partial charge in [-0.25, -0.2) is 9.97 Å². The Kier molecular flexibility index (Phi) is 4.56. The van der Waals surface area contributed by atoms with E-state index in [2.05, 4.69) is 20.2 Å². The van der Waals surface area contributed by atoms with Crippen LogP contribution < -0.4 is 10.2 Å². The normalized spacial score (nSPS) is 15.2. The van der Waals surface area contributed by atoms with Crippen LogP contribution in [-0.2, 0) is 0 Å². The molecule has 102 valence electrons. The van der Waals surface area contributed by atoms with Gasteiger partial charge in [-0.2, -0.15) is 5.26 Å². The van der Waals surface area contributed by atoms with Gasteiger partial charge in [0, 0.05) is 19.7 Å². The number of aryl methyl sites for hydroxylation is 1. The minimum absolute atomic E-state index is 0.567. The lowest BCUT2D eigenvalue weighted by atomic mass is 10.0. The first kappa shape index (κ1) is 13.6. The Morgan fingerprint density at radius 3 is 2.84 bits per heavy atom. The van der Waals surface area contributed by atoms with Crippen LogP contribution in [-0.4, -0.2) is 23.6 Å². The number of hydrogen-bond acceptors (Lipinski definition) is 5. The zero-order valence-corrected chi connectivity index (χ0v) is 11.7. The molecule has 1 aliphatic rings. The standard InChI is InChI=1S/C14H21N5/c1-11-17-13(16-10-15)9-14(18-11)19(2)8-7-12-5-3-4-6-12/h9,12H,3-8H2,1-2H3,(H,16,17,18). The smallest absolute Gasteiger partial charge is 0.182 e. The molecule has 0 radical (unpaired) electrons. The topological polar surface area (TPSA) is 64.8 Å². The average molecular weight is 259 g/mol. The molecule has 1 saturated carbocycles. The summed E-state index contributed by atoms with van der Waals surface area (Å²) in [6.45, 7) is 2.85. The Morgan fingerprint density at radius 2 is 2.16 bits per heavy atom. The molecule has 0 atom stereocenters. The van der Waals surface area contributed by atoms with Crippen molar-refractivity contribution in [2.45, 2.75) is 39.0 Å². The maximum Gasteiger partial charge on any atom is 0.182 e. The van der Waals surface area contributed by atoms with Crippen molar-refractivity contribution in [1.29, 1.82) is 5.26 Å². The van der Waals surface area contributed by atoms with Gasteiger partial charge in [0.1, 0.15) is 17.5 Å². The number of nitrogens with one attached hydrogen (secondary N) is 1. The fraction of sp³-hybridized carbons (Fsp3) is 0.643. The Balaban J connectivity index is 1.97. The quantitative estimate of drug-likeness (QED) is 0.650. The molecule has 1 N–H and O–H groups in total. The minimum Gasteiger partial charge on any atom is -0.359 e. The molecule has 0 bridgehead atoms. The molecule has 0 amide bonds. The van der Waals surface area contributed by atoms with E-state index in [0.717, 1.165) is 18.3 Å². The lowest BCUT2D eigenvalue weighted by Crippen LogP contribution is -2.22. The highest BCUT2D eigenvalue weighted by atomic mass is 15.2. The van der Waals surface area contributed by atoms with Gasteiger partial charge in [-0.3, -0.25) is 5.32 Å². The molecule has 1 aliphatic carbocycles. The molecule has 1 fully saturated rings. The molecule has 0 aliphatic heterocycles. The predicted molar refractivity (Wildman–Crippen MR) is 75.8 cm³/mol. The van der Waals surface area contributed by atoms with Crippen LogP contribution in [0.2, 0.25) is 0 Å². The lowest BCUT2D eigenvalue weighted by Gasteiger charge is -2.20. The Hall–Kier alpha value is -1.83. The third-order valence-corrected chi connectivity index (χ3v) is 3.75. The summed E-state index contributed by atoms with van der Waals surface area (Å²) in [5, 5.41) is 11.2. The van der Waals surface area contributed by atoms with Gasteiger partial charge in [-0.05, 0) is 19.3 Å². The van der Waals surface area contributed by atoms with Crippen molar-refractivity contribution < 1.29 is 0 Å². The van der Waals surface area contributed by atoms with Crippen LogP contribution in [0, 0.1) is 24.3 Å². The Labute approximate surface area is 114 Å². The van der Waals surface area contributed by atoms with E-state index in [1.165, 1.54) is 32.1 Å². The number of rotatable bonds is 5. The van der Waals surface area contributed by atoms with E-state index >= 15 is 0 Å². The summed E-state index contributed by atoms with van der Waals surface area (Å²) < 4.78 is 0. The van der Waals surface area contributed by atoms with Crippen LogP contribution >= 0.6 is 0 Å². The van der Waals surface area contributed by atoms with Crippen molar-refractivity contribution in [2.75, 3.05) is 23.8 Å². The van der Waals surface area contributed by atoms with Crippen molar-refractivity contribution in [3.8, 4) is 6.19 Å². The molecule has 1 aromatic heterocycles. The lowest BCUT2D eigenvalue weighted by molar-refractivity contribution is 0.504. The molecule has 0 aromatic carbocycles. The number of nitrogens with zero attached hydrogens (tertiary/aromatic N) is 4. The largest absolute Gasteiger partial charge is 0.359 e. The highest BCUT2D eigenvalue weighted by molar-refractivity contribution is 5.50. The number of aromatic nitrogens is 2. The highest BCUT2D eigenvalue weighted by Gasteiger charge is 2.16. The van der Waals surface area contributed by atoms with Gasteiger partial charge in [0.25, 0.3) is 0 Å². The summed E-state index contributed by atoms with van der Waals surface area (Å²) in [6, 6.07) is 1.82. The van der Waals surface area contributed by atoms with Gasteiger partial charge < -0.3 is 4.90 Å². The van der Waals surface area contributed by atoms with Crippen molar-refractivity contribution in [1.82, 2.24) is 9.97 Å². The highest BCUT2D eigenvalue weighted by Crippen LogP contribution is 2.28. The maximum atomic E-state index is 8.65. The van der Waals surface area contributed by atoms with Crippen molar-refractivity contribution in [3.63, 3.8) is 0 Å². The van der Waals surface area contributed by atoms with Gasteiger partial charge >= 0.3 is 0 Å². The van der Waals surface area contributed by atoms with E-state index in [9.17, 15) is 0 Å². The van der Waals surface area contributed by atoms with Crippen molar-refractivity contribution in [3.05, 3.63) is 11.9 Å². The second kappa shape index (κ2) is 6.37. The molecule has 1 heterocycles. The molecular weight excluding hydrogens is 238 g/mol. The summed E-state index contributed by atoms with van der Waals surface area (Å²) in [6.07, 6.45) is 8.64. The van der Waals surface area contributed by atoms with E-state index in [0.29, 0.717) is 11.6 Å². The van der Waals surface area contributed by atoms with E-state index < -0.39 is 0 Å². The molecule has 1 aromatic rings. The molecule has 5 heteroatoms. The molecule has 19 heavy (non-hydrogen) atoms. The third-order valence-electron chi connectivity index (χ3n) is 3.75. The predicted octanol–water partition coefficient (Wildman–Crippen LogP) is 2.69. The first-order valence-electron chi connectivity index (χ1n) is 6.91. The van der Waals surface area contributed by atoms with Gasteiger partial charge in [0.05, 0.1) is 0 Å². The molecule has 0 saturated heterocycles. The zero-order valence-electron chi connectivity index (χ0n) is 11.7. The minimum atomic E-state index is 0.567. The fourth-order valence-electron chi connectivity index (χ4n) is 2.66. The van der Waals surface area contributed by atoms with Gasteiger partial charge in [-0.15, -0.1) is 0 Å². The van der Waals surface area contributed by atoms with E-state index in [1.54, 1.807) is 0 Å². The second-order valence-electron chi connectivity index (χ2n) is 5.26. The van der Waals surface area contributed by atoms with Crippen LogP contribution in [0.25, 0.3) is 0 Å². The number of anilines is 2. The molecule has 0 unspecified atom stereocenters. The van der Waals surface area contributed by atoms with Gasteiger partial charge in [0.15, 0.2) is 6.19 Å². The van der Waals surface area contributed by atoms with E-state index in [-0.39, 0.29) is 0 Å². The third kappa shape index (κ3) is 3.82. The fourth-order valence-corrected chi connectivity index (χ4v) is 2.66. The van der Waals surface area contributed by atoms with E-state index in [4.69, 9.17) is 5.26 Å². The number of hydrogen-bond donors (Lipinski definition) is 1. The van der Waals surface area contributed by atoms with Crippen molar-refractivity contribution in [2.24, 2.45) is 5.92 Å². The van der Waals surface area contributed by atoms with Crippen LogP contribution in [0.4, 0.5) is 11.6 Å².